The van der Waals surface area contributed by atoms with Crippen LogP contribution in [0.15, 0.2) is 53.4 Å². The van der Waals surface area contributed by atoms with E-state index in [9.17, 15) is 17.6 Å². The third-order valence-electron chi connectivity index (χ3n) is 10.6. The molecule has 1 amide bonds. The van der Waals surface area contributed by atoms with Gasteiger partial charge in [-0.25, -0.2) is 17.6 Å². The fourth-order valence-electron chi connectivity index (χ4n) is 8.24. The van der Waals surface area contributed by atoms with Gasteiger partial charge >= 0.3 is 6.09 Å². The Morgan fingerprint density at radius 1 is 1.05 bits per heavy atom. The summed E-state index contributed by atoms with van der Waals surface area (Å²) in [5.41, 5.74) is 8.28. The van der Waals surface area contributed by atoms with Gasteiger partial charge in [0.25, 0.3) is 0 Å². The molecule has 43 heavy (non-hydrogen) atoms. The third kappa shape index (κ3) is 6.02. The summed E-state index contributed by atoms with van der Waals surface area (Å²) in [5, 5.41) is 2.89. The molecule has 3 N–H and O–H groups in total. The maximum atomic E-state index is 14.6. The summed E-state index contributed by atoms with van der Waals surface area (Å²) in [6.07, 6.45) is 5.88. The van der Waals surface area contributed by atoms with Crippen LogP contribution >= 0.6 is 0 Å². The van der Waals surface area contributed by atoms with Crippen LogP contribution in [0.1, 0.15) is 50.5 Å². The first-order valence-corrected chi connectivity index (χ1v) is 17.4. The molecule has 2 aliphatic heterocycles. The SMILES string of the molecule is COC(=O)N[C@H]1CCC[C@@H]1[C@](CN)(c1cccc(F)c1)C1CCN(CC2CN(c3ccc(S(=O)(=O)C4CC4)cc3)C2)CC1. The van der Waals surface area contributed by atoms with Crippen molar-refractivity contribution in [2.24, 2.45) is 23.5 Å². The van der Waals surface area contributed by atoms with Gasteiger partial charge in [-0.1, -0.05) is 18.6 Å². The van der Waals surface area contributed by atoms with Gasteiger partial charge in [0.1, 0.15) is 5.82 Å². The van der Waals surface area contributed by atoms with Crippen molar-refractivity contribution in [3.05, 3.63) is 59.9 Å². The molecule has 2 aliphatic carbocycles. The Kier molecular flexibility index (Phi) is 8.72. The van der Waals surface area contributed by atoms with Crippen molar-refractivity contribution in [1.29, 1.82) is 0 Å². The Labute approximate surface area is 255 Å². The van der Waals surface area contributed by atoms with Crippen molar-refractivity contribution in [2.75, 3.05) is 51.3 Å². The molecular weight excluding hydrogens is 567 g/mol. The summed E-state index contributed by atoms with van der Waals surface area (Å²) < 4.78 is 44.6. The van der Waals surface area contributed by atoms with Crippen LogP contribution in [0.5, 0.6) is 0 Å². The van der Waals surface area contributed by atoms with Gasteiger partial charge < -0.3 is 25.6 Å². The first-order chi connectivity index (χ1) is 20.7. The van der Waals surface area contributed by atoms with Crippen molar-refractivity contribution < 1.29 is 22.3 Å². The van der Waals surface area contributed by atoms with E-state index in [1.807, 2.05) is 18.2 Å². The number of carbonyl (C=O) groups excluding carboxylic acids is 1. The van der Waals surface area contributed by atoms with Crippen LogP contribution in [0.4, 0.5) is 14.9 Å². The van der Waals surface area contributed by atoms with E-state index in [1.165, 1.54) is 13.2 Å². The van der Waals surface area contributed by atoms with Crippen molar-refractivity contribution in [1.82, 2.24) is 10.2 Å². The second-order valence-electron chi connectivity index (χ2n) is 13.1. The Morgan fingerprint density at radius 2 is 1.77 bits per heavy atom. The normalized spacial score (nSPS) is 25.2. The van der Waals surface area contributed by atoms with E-state index in [0.717, 1.165) is 88.9 Å². The zero-order chi connectivity index (χ0) is 30.2. The molecule has 0 bridgehead atoms. The second kappa shape index (κ2) is 12.4. The minimum Gasteiger partial charge on any atom is -0.453 e. The van der Waals surface area contributed by atoms with Crippen molar-refractivity contribution in [3.63, 3.8) is 0 Å². The van der Waals surface area contributed by atoms with Crippen molar-refractivity contribution >= 4 is 21.6 Å². The van der Waals surface area contributed by atoms with E-state index < -0.39 is 21.3 Å². The van der Waals surface area contributed by atoms with Gasteiger partial charge in [0.05, 0.1) is 17.3 Å². The lowest BCUT2D eigenvalue weighted by Crippen LogP contribution is -2.57. The lowest BCUT2D eigenvalue weighted by molar-refractivity contribution is 0.0705. The molecule has 4 fully saturated rings. The van der Waals surface area contributed by atoms with Crippen molar-refractivity contribution in [2.45, 2.75) is 66.5 Å². The maximum Gasteiger partial charge on any atom is 0.407 e. The monoisotopic (exact) mass is 612 g/mol. The van der Waals surface area contributed by atoms with Gasteiger partial charge in [-0.15, -0.1) is 0 Å². The van der Waals surface area contributed by atoms with E-state index in [2.05, 4.69) is 15.1 Å². The largest absolute Gasteiger partial charge is 0.453 e. The van der Waals surface area contributed by atoms with Crippen LogP contribution in [0.2, 0.25) is 0 Å². The number of methoxy groups -OCH3 is 1. The van der Waals surface area contributed by atoms with E-state index in [4.69, 9.17) is 10.5 Å². The Morgan fingerprint density at radius 3 is 2.40 bits per heavy atom. The number of piperidine rings is 1. The van der Waals surface area contributed by atoms with E-state index >= 15 is 0 Å². The summed E-state index contributed by atoms with van der Waals surface area (Å²) in [4.78, 5) is 17.5. The summed E-state index contributed by atoms with van der Waals surface area (Å²) in [6.45, 7) is 5.30. The Balaban J connectivity index is 1.08. The lowest BCUT2D eigenvalue weighted by atomic mass is 9.58. The van der Waals surface area contributed by atoms with Gasteiger partial charge in [-0.05, 0) is 105 Å². The standard InChI is InChI=1S/C33H45FN4O4S/c1-42-32(39)36-31-7-3-6-30(31)33(22-35,25-4-2-5-26(34)18-25)24-14-16-37(17-15-24)19-23-20-38(21-23)27-8-10-28(11-9-27)43(40,41)29-12-13-29/h2,4-5,8-11,18,23-24,29-31H,3,6-7,12-17,19-22,35H2,1H3,(H,36,39)/t30-,31-,33-/m0/s1. The van der Waals surface area contributed by atoms with Crippen LogP contribution in [0, 0.1) is 23.6 Å². The van der Waals surface area contributed by atoms with Gasteiger partial charge in [0.15, 0.2) is 9.84 Å². The smallest absolute Gasteiger partial charge is 0.407 e. The molecular formula is C33H45FN4O4S. The number of halogens is 1. The summed E-state index contributed by atoms with van der Waals surface area (Å²) in [7, 11) is -1.77. The highest BCUT2D eigenvalue weighted by Crippen LogP contribution is 2.50. The molecule has 0 unspecified atom stereocenters. The molecule has 10 heteroatoms. The summed E-state index contributed by atoms with van der Waals surface area (Å²) in [6, 6.07) is 14.3. The Bertz CT molecular complexity index is 1390. The molecule has 0 radical (unpaired) electrons. The molecule has 0 aromatic heterocycles. The average molecular weight is 613 g/mol. The van der Waals surface area contributed by atoms with Gasteiger partial charge in [-0.2, -0.15) is 0 Å². The third-order valence-corrected chi connectivity index (χ3v) is 12.9. The molecule has 0 spiro atoms. The number of nitrogens with zero attached hydrogens (tertiary/aromatic N) is 2. The summed E-state index contributed by atoms with van der Waals surface area (Å²) in [5.74, 6) is 0.707. The molecule has 2 aromatic carbocycles. The zero-order valence-corrected chi connectivity index (χ0v) is 25.9. The van der Waals surface area contributed by atoms with E-state index in [0.29, 0.717) is 17.4 Å². The maximum absolute atomic E-state index is 14.6. The highest BCUT2D eigenvalue weighted by Gasteiger charge is 2.51. The lowest BCUT2D eigenvalue weighted by Gasteiger charge is -2.51. The predicted molar refractivity (Wildman–Crippen MR) is 165 cm³/mol. The molecule has 3 atom stereocenters. The number of anilines is 1. The topological polar surface area (TPSA) is 105 Å². The highest BCUT2D eigenvalue weighted by molar-refractivity contribution is 7.92. The van der Waals surface area contributed by atoms with Gasteiger partial charge in [0, 0.05) is 49.2 Å². The number of sulfone groups is 1. The highest BCUT2D eigenvalue weighted by atomic mass is 32.2. The van der Waals surface area contributed by atoms with Crippen LogP contribution in [0.25, 0.3) is 0 Å². The predicted octanol–water partition coefficient (Wildman–Crippen LogP) is 4.33. The summed E-state index contributed by atoms with van der Waals surface area (Å²) >= 11 is 0. The Hall–Kier alpha value is -2.69. The number of alkyl carbamates (subject to hydrolysis) is 1. The molecule has 2 heterocycles. The molecule has 2 saturated carbocycles. The minimum atomic E-state index is -3.16. The second-order valence-corrected chi connectivity index (χ2v) is 15.3. The fraction of sp³-hybridized carbons (Fsp3) is 0.606. The number of nitrogens with one attached hydrogen (secondary N) is 1. The van der Waals surface area contributed by atoms with Crippen LogP contribution in [0.3, 0.4) is 0 Å². The zero-order valence-electron chi connectivity index (χ0n) is 25.1. The van der Waals surface area contributed by atoms with E-state index in [1.54, 1.807) is 24.3 Å². The molecule has 4 aliphatic rings. The number of likely N-dealkylation sites (tertiary alicyclic amines) is 1. The van der Waals surface area contributed by atoms with E-state index in [-0.39, 0.29) is 28.9 Å². The first-order valence-electron chi connectivity index (χ1n) is 15.9. The number of benzene rings is 2. The quantitative estimate of drug-likeness (QED) is 0.412. The van der Waals surface area contributed by atoms with Crippen LogP contribution in [-0.2, 0) is 20.0 Å². The number of hydrogen-bond donors (Lipinski definition) is 2. The number of ether oxygens (including phenoxy) is 1. The first kappa shape index (κ1) is 30.3. The number of nitrogens with two attached hydrogens (primary N) is 1. The molecule has 8 nitrogen and oxygen atoms in total. The average Bonchev–Trinajstić information content (AvgIpc) is 3.77. The van der Waals surface area contributed by atoms with Crippen LogP contribution in [-0.4, -0.2) is 77.1 Å². The number of amides is 1. The van der Waals surface area contributed by atoms with Gasteiger partial charge in [0.2, 0.25) is 0 Å². The fourth-order valence-corrected chi connectivity index (χ4v) is 9.89. The number of carbonyl (C=O) groups is 1. The molecule has 2 saturated heterocycles. The number of hydrogen-bond acceptors (Lipinski definition) is 7. The van der Waals surface area contributed by atoms with Crippen molar-refractivity contribution in [3.8, 4) is 0 Å². The molecule has 234 valence electrons. The molecule has 6 rings (SSSR count). The molecule has 2 aromatic rings. The number of rotatable bonds is 10. The van der Waals surface area contributed by atoms with Crippen LogP contribution < -0.4 is 16.0 Å². The minimum absolute atomic E-state index is 0.0545. The van der Waals surface area contributed by atoms with Gasteiger partial charge in [-0.3, -0.25) is 0 Å².